The van der Waals surface area contributed by atoms with Gasteiger partial charge in [-0.05, 0) is 31.2 Å². The molecule has 0 radical (unpaired) electrons. The number of aldehydes is 1. The molecule has 7 heteroatoms. The fraction of sp³-hybridized carbons (Fsp3) is 0.350. The minimum atomic E-state index is -0.446. The Bertz CT molecular complexity index is 821. The normalized spacial score (nSPS) is 17.8. The zero-order valence-corrected chi connectivity index (χ0v) is 15.9. The second-order valence-corrected chi connectivity index (χ2v) is 5.99. The van der Waals surface area contributed by atoms with Crippen LogP contribution in [0.1, 0.15) is 28.9 Å². The number of hydrogen-bond acceptors (Lipinski definition) is 7. The highest BCUT2D eigenvalue weighted by atomic mass is 16.6. The van der Waals surface area contributed by atoms with E-state index in [1.54, 1.807) is 33.5 Å². The van der Waals surface area contributed by atoms with Gasteiger partial charge in [-0.2, -0.15) is 0 Å². The molecule has 0 N–H and O–H groups in total. The van der Waals surface area contributed by atoms with Crippen molar-refractivity contribution in [3.8, 4) is 34.5 Å². The van der Waals surface area contributed by atoms with Crippen LogP contribution in [-0.4, -0.2) is 40.8 Å². The average Bonchev–Trinajstić information content (AvgIpc) is 2.71. The van der Waals surface area contributed by atoms with Crippen molar-refractivity contribution in [2.24, 2.45) is 0 Å². The first-order valence-electron chi connectivity index (χ1n) is 8.36. The molecule has 0 bridgehead atoms. The highest BCUT2D eigenvalue weighted by Gasteiger charge is 2.33. The lowest BCUT2D eigenvalue weighted by atomic mass is 10.0. The summed E-state index contributed by atoms with van der Waals surface area (Å²) in [6.07, 6.45) is -0.0346. The molecule has 144 valence electrons. The van der Waals surface area contributed by atoms with E-state index in [0.29, 0.717) is 40.1 Å². The van der Waals surface area contributed by atoms with Crippen LogP contribution in [0.3, 0.4) is 0 Å². The summed E-state index contributed by atoms with van der Waals surface area (Å²) in [7, 11) is 6.17. The van der Waals surface area contributed by atoms with Gasteiger partial charge in [0.15, 0.2) is 29.1 Å². The molecular formula is C20H22O7. The summed E-state index contributed by atoms with van der Waals surface area (Å²) >= 11 is 0. The predicted octanol–water partition coefficient (Wildman–Crippen LogP) is 3.43. The Kier molecular flexibility index (Phi) is 5.30. The SMILES string of the molecule is COc1cc([C@@H]2Oc3cc(C=O)cc(OC)c3O[C@H]2C)cc(OC)c1OC. The molecule has 0 amide bonds. The molecule has 1 aliphatic heterocycles. The third-order valence-electron chi connectivity index (χ3n) is 4.40. The number of methoxy groups -OCH3 is 4. The van der Waals surface area contributed by atoms with Crippen LogP contribution in [0.2, 0.25) is 0 Å². The summed E-state index contributed by atoms with van der Waals surface area (Å²) in [6, 6.07) is 6.87. The van der Waals surface area contributed by atoms with Crippen LogP contribution in [-0.2, 0) is 0 Å². The molecule has 0 unspecified atom stereocenters. The summed E-state index contributed by atoms with van der Waals surface area (Å²) in [5.74, 6) is 2.90. The fourth-order valence-electron chi connectivity index (χ4n) is 3.11. The average molecular weight is 374 g/mol. The van der Waals surface area contributed by atoms with Crippen molar-refractivity contribution < 1.29 is 33.2 Å². The van der Waals surface area contributed by atoms with E-state index in [9.17, 15) is 4.79 Å². The minimum absolute atomic E-state index is 0.323. The van der Waals surface area contributed by atoms with E-state index >= 15 is 0 Å². The third-order valence-corrected chi connectivity index (χ3v) is 4.40. The number of ether oxygens (including phenoxy) is 6. The molecule has 0 saturated heterocycles. The zero-order chi connectivity index (χ0) is 19.6. The molecule has 3 rings (SSSR count). The van der Waals surface area contributed by atoms with Gasteiger partial charge in [0.2, 0.25) is 11.5 Å². The number of fused-ring (bicyclic) bond motifs is 1. The van der Waals surface area contributed by atoms with Crippen LogP contribution < -0.4 is 28.4 Å². The summed E-state index contributed by atoms with van der Waals surface area (Å²) in [5, 5.41) is 0. The first-order chi connectivity index (χ1) is 13.1. The molecule has 0 saturated carbocycles. The van der Waals surface area contributed by atoms with Crippen molar-refractivity contribution >= 4 is 6.29 Å². The minimum Gasteiger partial charge on any atom is -0.493 e. The van der Waals surface area contributed by atoms with E-state index in [-0.39, 0.29) is 6.10 Å². The maximum atomic E-state index is 11.2. The van der Waals surface area contributed by atoms with Gasteiger partial charge in [-0.1, -0.05) is 0 Å². The second kappa shape index (κ2) is 7.65. The molecular weight excluding hydrogens is 352 g/mol. The quantitative estimate of drug-likeness (QED) is 0.717. The van der Waals surface area contributed by atoms with Crippen LogP contribution in [0.4, 0.5) is 0 Å². The van der Waals surface area contributed by atoms with E-state index in [2.05, 4.69) is 0 Å². The van der Waals surface area contributed by atoms with Crippen molar-refractivity contribution in [2.45, 2.75) is 19.1 Å². The summed E-state index contributed by atoms with van der Waals surface area (Å²) in [5.41, 5.74) is 1.23. The van der Waals surface area contributed by atoms with Crippen LogP contribution in [0, 0.1) is 0 Å². The van der Waals surface area contributed by atoms with E-state index in [0.717, 1.165) is 11.8 Å². The Labute approximate surface area is 157 Å². The van der Waals surface area contributed by atoms with Crippen LogP contribution in [0.5, 0.6) is 34.5 Å². The number of benzene rings is 2. The Morgan fingerprint density at radius 3 is 2.00 bits per heavy atom. The molecule has 0 fully saturated rings. The van der Waals surface area contributed by atoms with Crippen LogP contribution in [0.15, 0.2) is 24.3 Å². The molecule has 7 nitrogen and oxygen atoms in total. The monoisotopic (exact) mass is 374 g/mol. The maximum Gasteiger partial charge on any atom is 0.204 e. The lowest BCUT2D eigenvalue weighted by molar-refractivity contribution is 0.0278. The van der Waals surface area contributed by atoms with E-state index in [4.69, 9.17) is 28.4 Å². The van der Waals surface area contributed by atoms with Gasteiger partial charge in [0.25, 0.3) is 0 Å². The first-order valence-corrected chi connectivity index (χ1v) is 8.36. The lowest BCUT2D eigenvalue weighted by Crippen LogP contribution is -2.31. The van der Waals surface area contributed by atoms with Gasteiger partial charge < -0.3 is 28.4 Å². The number of carbonyl (C=O) groups excluding carboxylic acids is 1. The van der Waals surface area contributed by atoms with E-state index in [1.807, 2.05) is 19.1 Å². The molecule has 0 spiro atoms. The van der Waals surface area contributed by atoms with E-state index in [1.165, 1.54) is 7.11 Å². The smallest absolute Gasteiger partial charge is 0.204 e. The molecule has 2 aromatic carbocycles. The molecule has 2 atom stereocenters. The molecule has 0 aliphatic carbocycles. The number of hydrogen-bond donors (Lipinski definition) is 0. The standard InChI is InChI=1S/C20H22O7/c1-11-18(13-8-15(23-3)19(25-5)16(9-13)24-4)27-17-7-12(10-21)6-14(22-2)20(17)26-11/h6-11,18H,1-5H3/t11-,18+/m0/s1. The second-order valence-electron chi connectivity index (χ2n) is 5.99. The van der Waals surface area contributed by atoms with Crippen molar-refractivity contribution in [1.82, 2.24) is 0 Å². The Morgan fingerprint density at radius 2 is 1.48 bits per heavy atom. The molecule has 1 aliphatic rings. The zero-order valence-electron chi connectivity index (χ0n) is 15.9. The third kappa shape index (κ3) is 3.32. The lowest BCUT2D eigenvalue weighted by Gasteiger charge is -2.33. The van der Waals surface area contributed by atoms with E-state index < -0.39 is 6.10 Å². The largest absolute Gasteiger partial charge is 0.493 e. The molecule has 0 aromatic heterocycles. The molecule has 1 heterocycles. The van der Waals surface area contributed by atoms with Gasteiger partial charge in [0.1, 0.15) is 12.4 Å². The van der Waals surface area contributed by atoms with Gasteiger partial charge in [0.05, 0.1) is 28.4 Å². The highest BCUT2D eigenvalue weighted by Crippen LogP contribution is 2.48. The Hall–Kier alpha value is -3.09. The van der Waals surface area contributed by atoms with Gasteiger partial charge in [0, 0.05) is 11.1 Å². The molecule has 2 aromatic rings. The van der Waals surface area contributed by atoms with Crippen molar-refractivity contribution in [3.63, 3.8) is 0 Å². The van der Waals surface area contributed by atoms with Crippen LogP contribution >= 0.6 is 0 Å². The summed E-state index contributed by atoms with van der Waals surface area (Å²) in [6.45, 7) is 1.89. The Balaban J connectivity index is 2.06. The first kappa shape index (κ1) is 18.7. The van der Waals surface area contributed by atoms with Crippen molar-refractivity contribution in [2.75, 3.05) is 28.4 Å². The maximum absolute atomic E-state index is 11.2. The summed E-state index contributed by atoms with van der Waals surface area (Å²) < 4.78 is 33.8. The van der Waals surface area contributed by atoms with Crippen molar-refractivity contribution in [3.05, 3.63) is 35.4 Å². The van der Waals surface area contributed by atoms with Gasteiger partial charge in [-0.3, -0.25) is 4.79 Å². The number of carbonyl (C=O) groups is 1. The summed E-state index contributed by atoms with van der Waals surface area (Å²) in [4.78, 5) is 11.2. The van der Waals surface area contributed by atoms with Gasteiger partial charge in [-0.25, -0.2) is 0 Å². The van der Waals surface area contributed by atoms with Crippen molar-refractivity contribution in [1.29, 1.82) is 0 Å². The Morgan fingerprint density at radius 1 is 0.852 bits per heavy atom. The fourth-order valence-corrected chi connectivity index (χ4v) is 3.11. The number of rotatable bonds is 6. The molecule has 27 heavy (non-hydrogen) atoms. The highest BCUT2D eigenvalue weighted by molar-refractivity contribution is 5.78. The van der Waals surface area contributed by atoms with Crippen LogP contribution in [0.25, 0.3) is 0 Å². The van der Waals surface area contributed by atoms with Gasteiger partial charge >= 0.3 is 0 Å². The van der Waals surface area contributed by atoms with Gasteiger partial charge in [-0.15, -0.1) is 0 Å². The predicted molar refractivity (Wildman–Crippen MR) is 97.9 cm³/mol. The topological polar surface area (TPSA) is 72.5 Å².